The van der Waals surface area contributed by atoms with E-state index in [2.05, 4.69) is 44.5 Å². The number of nitrogens with one attached hydrogen (secondary N) is 2. The smallest absolute Gasteiger partial charge is 0.260 e. The molecule has 5 rings (SSSR count). The number of anilines is 2. The SMILES string of the molecule is Cc1ccc(-c2csc3nc(CSc4nnc(Nc5ccccc5)s4)[nH]c(=O)c23)s1. The Labute approximate surface area is 188 Å². The van der Waals surface area contributed by atoms with Crippen molar-refractivity contribution in [2.24, 2.45) is 0 Å². The number of aromatic nitrogens is 4. The third kappa shape index (κ3) is 4.04. The minimum atomic E-state index is -0.0957. The van der Waals surface area contributed by atoms with Crippen LogP contribution in [0.2, 0.25) is 0 Å². The second-order valence-corrected chi connectivity index (χ2v) is 10.8. The predicted octanol–water partition coefficient (Wildman–Crippen LogP) is 5.91. The highest BCUT2D eigenvalue weighted by Crippen LogP contribution is 2.35. The Morgan fingerprint density at radius 3 is 2.77 bits per heavy atom. The van der Waals surface area contributed by atoms with Crippen LogP contribution in [0.3, 0.4) is 0 Å². The van der Waals surface area contributed by atoms with Gasteiger partial charge in [0.1, 0.15) is 10.7 Å². The van der Waals surface area contributed by atoms with Gasteiger partial charge in [-0.25, -0.2) is 4.98 Å². The van der Waals surface area contributed by atoms with Gasteiger partial charge in [-0.3, -0.25) is 4.79 Å². The second-order valence-electron chi connectivity index (χ2n) is 6.41. The molecule has 2 N–H and O–H groups in total. The van der Waals surface area contributed by atoms with Gasteiger partial charge in [-0.15, -0.1) is 32.9 Å². The molecule has 0 bridgehead atoms. The Morgan fingerprint density at radius 1 is 1.10 bits per heavy atom. The lowest BCUT2D eigenvalue weighted by Crippen LogP contribution is -2.10. The molecule has 0 unspecified atom stereocenters. The molecule has 0 fully saturated rings. The van der Waals surface area contributed by atoms with Gasteiger partial charge >= 0.3 is 0 Å². The first-order valence-electron chi connectivity index (χ1n) is 9.01. The maximum atomic E-state index is 12.8. The summed E-state index contributed by atoms with van der Waals surface area (Å²) in [7, 11) is 0. The minimum absolute atomic E-state index is 0.0957. The molecule has 10 heteroatoms. The molecule has 0 radical (unpaired) electrons. The lowest BCUT2D eigenvalue weighted by atomic mass is 10.2. The topological polar surface area (TPSA) is 83.6 Å². The van der Waals surface area contributed by atoms with Crippen LogP contribution in [-0.2, 0) is 5.75 Å². The molecule has 30 heavy (non-hydrogen) atoms. The van der Waals surface area contributed by atoms with Crippen molar-refractivity contribution >= 4 is 66.8 Å². The number of para-hydroxylation sites is 1. The van der Waals surface area contributed by atoms with Gasteiger partial charge in [0.25, 0.3) is 5.56 Å². The molecule has 5 aromatic rings. The summed E-state index contributed by atoms with van der Waals surface area (Å²) in [6.07, 6.45) is 0. The van der Waals surface area contributed by atoms with E-state index in [4.69, 9.17) is 0 Å². The van der Waals surface area contributed by atoms with Crippen LogP contribution in [-0.4, -0.2) is 20.2 Å². The van der Waals surface area contributed by atoms with Crippen molar-refractivity contribution in [1.29, 1.82) is 0 Å². The second kappa shape index (κ2) is 8.31. The zero-order chi connectivity index (χ0) is 20.5. The fourth-order valence-corrected chi connectivity index (χ4v) is 6.48. The number of benzene rings is 1. The molecule has 4 heterocycles. The monoisotopic (exact) mass is 469 g/mol. The number of fused-ring (bicyclic) bond motifs is 1. The highest BCUT2D eigenvalue weighted by atomic mass is 32.2. The number of hydrogen-bond acceptors (Lipinski definition) is 9. The molecule has 6 nitrogen and oxygen atoms in total. The molecule has 0 atom stereocenters. The van der Waals surface area contributed by atoms with E-state index in [9.17, 15) is 4.79 Å². The number of thioether (sulfide) groups is 1. The number of rotatable bonds is 6. The van der Waals surface area contributed by atoms with Crippen LogP contribution in [0.5, 0.6) is 0 Å². The van der Waals surface area contributed by atoms with Gasteiger partial charge in [0.05, 0.1) is 11.1 Å². The van der Waals surface area contributed by atoms with Crippen molar-refractivity contribution in [3.63, 3.8) is 0 Å². The quantitative estimate of drug-likeness (QED) is 0.301. The van der Waals surface area contributed by atoms with Crippen LogP contribution in [0.1, 0.15) is 10.7 Å². The maximum Gasteiger partial charge on any atom is 0.260 e. The first-order chi connectivity index (χ1) is 14.7. The number of hydrogen-bond donors (Lipinski definition) is 2. The summed E-state index contributed by atoms with van der Waals surface area (Å²) in [5.74, 6) is 1.16. The number of aromatic amines is 1. The summed E-state index contributed by atoms with van der Waals surface area (Å²) in [6.45, 7) is 2.06. The number of H-pyrrole nitrogens is 1. The van der Waals surface area contributed by atoms with Crippen LogP contribution in [0.4, 0.5) is 10.8 Å². The summed E-state index contributed by atoms with van der Waals surface area (Å²) in [4.78, 5) is 23.4. The molecule has 0 aliphatic rings. The zero-order valence-electron chi connectivity index (χ0n) is 15.7. The van der Waals surface area contributed by atoms with Crippen LogP contribution >= 0.6 is 45.8 Å². The summed E-state index contributed by atoms with van der Waals surface area (Å²) >= 11 is 6.17. The Balaban J connectivity index is 1.32. The molecule has 0 spiro atoms. The normalized spacial score (nSPS) is 11.2. The largest absolute Gasteiger partial charge is 0.330 e. The van der Waals surface area contributed by atoms with Crippen LogP contribution in [0.15, 0.2) is 57.0 Å². The van der Waals surface area contributed by atoms with Crippen molar-refractivity contribution in [2.45, 2.75) is 17.0 Å². The van der Waals surface area contributed by atoms with E-state index in [1.54, 1.807) is 11.3 Å². The van der Waals surface area contributed by atoms with Crippen LogP contribution in [0, 0.1) is 6.92 Å². The Hall–Kier alpha value is -2.53. The molecule has 0 saturated carbocycles. The van der Waals surface area contributed by atoms with Gasteiger partial charge in [-0.05, 0) is 31.2 Å². The molecule has 4 aromatic heterocycles. The number of aryl methyl sites for hydroxylation is 1. The average molecular weight is 470 g/mol. The maximum absolute atomic E-state index is 12.8. The molecule has 150 valence electrons. The molecule has 0 amide bonds. The summed E-state index contributed by atoms with van der Waals surface area (Å²) in [5, 5.41) is 15.0. The lowest BCUT2D eigenvalue weighted by Gasteiger charge is -2.00. The van der Waals surface area contributed by atoms with Crippen molar-refractivity contribution in [3.8, 4) is 10.4 Å². The highest BCUT2D eigenvalue weighted by molar-refractivity contribution is 8.00. The fraction of sp³-hybridized carbons (Fsp3) is 0.100. The molecular weight excluding hydrogens is 455 g/mol. The van der Waals surface area contributed by atoms with E-state index in [1.807, 2.05) is 35.7 Å². The molecule has 0 saturated heterocycles. The van der Waals surface area contributed by atoms with Crippen molar-refractivity contribution in [1.82, 2.24) is 20.2 Å². The van der Waals surface area contributed by atoms with E-state index in [1.165, 1.54) is 39.3 Å². The van der Waals surface area contributed by atoms with Gasteiger partial charge in [0.2, 0.25) is 5.13 Å². The van der Waals surface area contributed by atoms with Crippen molar-refractivity contribution < 1.29 is 0 Å². The lowest BCUT2D eigenvalue weighted by molar-refractivity contribution is 1.00. The zero-order valence-corrected chi connectivity index (χ0v) is 19.0. The third-order valence-corrected chi connectivity index (χ3v) is 8.15. The Bertz CT molecular complexity index is 1370. The first-order valence-corrected chi connectivity index (χ1v) is 12.5. The number of nitrogens with zero attached hydrogens (tertiary/aromatic N) is 3. The van der Waals surface area contributed by atoms with Crippen LogP contribution in [0.25, 0.3) is 20.7 Å². The predicted molar refractivity (Wildman–Crippen MR) is 127 cm³/mol. The first kappa shape index (κ1) is 19.4. The molecule has 0 aliphatic carbocycles. The molecule has 1 aromatic carbocycles. The van der Waals surface area contributed by atoms with Crippen molar-refractivity contribution in [2.75, 3.05) is 5.32 Å². The Kier molecular flexibility index (Phi) is 5.38. The fourth-order valence-electron chi connectivity index (χ4n) is 2.92. The number of thiophene rings is 2. The standard InChI is InChI=1S/C20H15N5OS4/c1-11-7-8-14(29-11)13-9-27-18-16(13)17(26)22-15(23-18)10-28-20-25-24-19(30-20)21-12-5-3-2-4-6-12/h2-9H,10H2,1H3,(H,21,24)(H,22,23,26). The van der Waals surface area contributed by atoms with Gasteiger partial charge in [-0.2, -0.15) is 0 Å². The van der Waals surface area contributed by atoms with E-state index >= 15 is 0 Å². The van der Waals surface area contributed by atoms with Gasteiger partial charge in [-0.1, -0.05) is 41.3 Å². The van der Waals surface area contributed by atoms with Crippen LogP contribution < -0.4 is 10.9 Å². The Morgan fingerprint density at radius 2 is 1.97 bits per heavy atom. The minimum Gasteiger partial charge on any atom is -0.330 e. The average Bonchev–Trinajstić information content (AvgIpc) is 3.47. The van der Waals surface area contributed by atoms with Gasteiger partial charge in [0, 0.05) is 26.4 Å². The molecular formula is C20H15N5OS4. The van der Waals surface area contributed by atoms with Gasteiger partial charge in [0.15, 0.2) is 4.34 Å². The summed E-state index contributed by atoms with van der Waals surface area (Å²) in [6, 6.07) is 14.0. The summed E-state index contributed by atoms with van der Waals surface area (Å²) in [5.41, 5.74) is 1.83. The molecule has 0 aliphatic heterocycles. The van der Waals surface area contributed by atoms with E-state index in [0.29, 0.717) is 17.0 Å². The highest BCUT2D eigenvalue weighted by Gasteiger charge is 2.15. The summed E-state index contributed by atoms with van der Waals surface area (Å²) < 4.78 is 0.817. The van der Waals surface area contributed by atoms with E-state index in [-0.39, 0.29) is 5.56 Å². The van der Waals surface area contributed by atoms with Crippen molar-refractivity contribution in [3.05, 3.63) is 68.9 Å². The van der Waals surface area contributed by atoms with E-state index in [0.717, 1.165) is 30.4 Å². The van der Waals surface area contributed by atoms with E-state index < -0.39 is 0 Å². The third-order valence-electron chi connectivity index (χ3n) is 4.26. The van der Waals surface area contributed by atoms with Gasteiger partial charge < -0.3 is 10.3 Å².